The molecule has 144 valence electrons. The van der Waals surface area contributed by atoms with Crippen LogP contribution in [0.4, 0.5) is 0 Å². The Morgan fingerprint density at radius 1 is 0.964 bits per heavy atom. The molecule has 3 aliphatic rings. The van der Waals surface area contributed by atoms with Crippen LogP contribution < -0.4 is 4.74 Å². The van der Waals surface area contributed by atoms with Gasteiger partial charge in [-0.25, -0.2) is 8.42 Å². The van der Waals surface area contributed by atoms with Gasteiger partial charge in [-0.2, -0.15) is 0 Å². The van der Waals surface area contributed by atoms with E-state index in [1.165, 1.54) is 32.1 Å². The molecule has 1 atom stereocenters. The van der Waals surface area contributed by atoms with Gasteiger partial charge in [0.2, 0.25) is 9.84 Å². The minimum Gasteiger partial charge on any atom is -0.489 e. The first-order chi connectivity index (χ1) is 13.6. The number of ether oxygens (including phenoxy) is 1. The van der Waals surface area contributed by atoms with E-state index in [-0.39, 0.29) is 15.9 Å². The second-order valence-electron chi connectivity index (χ2n) is 7.64. The molecule has 3 fully saturated rings. The van der Waals surface area contributed by atoms with Crippen LogP contribution in [0.15, 0.2) is 70.6 Å². The average molecular weight is 394 g/mol. The van der Waals surface area contributed by atoms with E-state index in [0.717, 1.165) is 23.2 Å². The molecule has 3 aliphatic heterocycles. The lowest BCUT2D eigenvalue weighted by molar-refractivity contribution is -0.00769. The Hall–Kier alpha value is -2.44. The summed E-state index contributed by atoms with van der Waals surface area (Å²) in [5, 5.41) is 0.774. The van der Waals surface area contributed by atoms with Gasteiger partial charge in [-0.05, 0) is 68.2 Å². The lowest BCUT2D eigenvalue weighted by Crippen LogP contribution is -2.52. The number of benzene rings is 2. The summed E-state index contributed by atoms with van der Waals surface area (Å²) in [6.07, 6.45) is 4.03. The van der Waals surface area contributed by atoms with Crippen molar-refractivity contribution in [3.63, 3.8) is 0 Å². The first-order valence-electron chi connectivity index (χ1n) is 9.68. The summed E-state index contributed by atoms with van der Waals surface area (Å²) in [5.41, 5.74) is 0.758. The summed E-state index contributed by atoms with van der Waals surface area (Å²) in [4.78, 5) is 7.29. The molecule has 6 heteroatoms. The van der Waals surface area contributed by atoms with Gasteiger partial charge in [0, 0.05) is 18.1 Å². The number of piperidine rings is 3. The highest BCUT2D eigenvalue weighted by molar-refractivity contribution is 7.91. The molecule has 4 heterocycles. The van der Waals surface area contributed by atoms with Gasteiger partial charge in [0.1, 0.15) is 11.9 Å². The van der Waals surface area contributed by atoms with E-state index in [1.54, 1.807) is 36.4 Å². The first kappa shape index (κ1) is 17.6. The van der Waals surface area contributed by atoms with Crippen LogP contribution in [0.25, 0.3) is 10.9 Å². The summed E-state index contributed by atoms with van der Waals surface area (Å²) < 4.78 is 32.1. The lowest BCUT2D eigenvalue weighted by Gasteiger charge is -2.44. The molecule has 2 aromatic carbocycles. The number of rotatable bonds is 4. The van der Waals surface area contributed by atoms with Gasteiger partial charge in [0.15, 0.2) is 0 Å². The minimum atomic E-state index is -3.59. The van der Waals surface area contributed by atoms with Crippen molar-refractivity contribution in [3.8, 4) is 5.75 Å². The fraction of sp³-hybridized carbons (Fsp3) is 0.318. The molecule has 1 aromatic heterocycles. The third-order valence-corrected chi connectivity index (χ3v) is 7.61. The van der Waals surface area contributed by atoms with Crippen LogP contribution in [0, 0.1) is 5.92 Å². The van der Waals surface area contributed by atoms with Gasteiger partial charge in [-0.1, -0.05) is 18.2 Å². The maximum atomic E-state index is 12.9. The molecule has 0 saturated carbocycles. The molecule has 0 radical (unpaired) electrons. The summed E-state index contributed by atoms with van der Waals surface area (Å²) in [6.45, 7) is 3.32. The molecule has 1 unspecified atom stereocenters. The number of aromatic nitrogens is 1. The molecule has 6 rings (SSSR count). The van der Waals surface area contributed by atoms with E-state index in [9.17, 15) is 8.42 Å². The van der Waals surface area contributed by atoms with E-state index in [2.05, 4.69) is 9.88 Å². The highest BCUT2D eigenvalue weighted by Crippen LogP contribution is 2.32. The van der Waals surface area contributed by atoms with Crippen molar-refractivity contribution >= 4 is 20.7 Å². The van der Waals surface area contributed by atoms with Crippen molar-refractivity contribution in [2.75, 3.05) is 19.6 Å². The summed E-state index contributed by atoms with van der Waals surface area (Å²) in [6, 6.07) is 15.9. The SMILES string of the molecule is O=S(=O)(c1ccccc1)c1cnc2ccc(OC3CN4CCC3CC4)cc2c1. The van der Waals surface area contributed by atoms with E-state index >= 15 is 0 Å². The Bertz CT molecular complexity index is 1110. The summed E-state index contributed by atoms with van der Waals surface area (Å²) in [7, 11) is -3.59. The fourth-order valence-corrected chi connectivity index (χ4v) is 5.53. The van der Waals surface area contributed by atoms with Crippen LogP contribution in [0.3, 0.4) is 0 Å². The number of fused-ring (bicyclic) bond motifs is 4. The third kappa shape index (κ3) is 3.16. The van der Waals surface area contributed by atoms with Gasteiger partial charge in [0.05, 0.1) is 15.3 Å². The molecule has 3 saturated heterocycles. The molecule has 0 amide bonds. The van der Waals surface area contributed by atoms with Crippen molar-refractivity contribution in [3.05, 3.63) is 60.8 Å². The topological polar surface area (TPSA) is 59.5 Å². The van der Waals surface area contributed by atoms with E-state index in [1.807, 2.05) is 18.2 Å². The number of pyridine rings is 1. The Morgan fingerprint density at radius 2 is 1.75 bits per heavy atom. The number of nitrogens with zero attached hydrogens (tertiary/aromatic N) is 2. The molecular formula is C22H22N2O3S. The summed E-state index contributed by atoms with van der Waals surface area (Å²) >= 11 is 0. The van der Waals surface area contributed by atoms with Gasteiger partial charge >= 0.3 is 0 Å². The molecule has 0 N–H and O–H groups in total. The fourth-order valence-electron chi connectivity index (χ4n) is 4.26. The van der Waals surface area contributed by atoms with Crippen LogP contribution in [0.2, 0.25) is 0 Å². The zero-order chi connectivity index (χ0) is 19.1. The number of hydrogen-bond donors (Lipinski definition) is 0. The Balaban J connectivity index is 1.46. The van der Waals surface area contributed by atoms with Crippen molar-refractivity contribution in [1.82, 2.24) is 9.88 Å². The normalized spacial score (nSPS) is 24.4. The minimum absolute atomic E-state index is 0.200. The van der Waals surface area contributed by atoms with Crippen molar-refractivity contribution in [1.29, 1.82) is 0 Å². The van der Waals surface area contributed by atoms with Crippen molar-refractivity contribution < 1.29 is 13.2 Å². The summed E-state index contributed by atoms with van der Waals surface area (Å²) in [5.74, 6) is 1.39. The lowest BCUT2D eigenvalue weighted by atomic mass is 9.86. The first-order valence-corrected chi connectivity index (χ1v) is 11.2. The molecule has 0 aliphatic carbocycles. The molecular weight excluding hydrogens is 372 g/mol. The maximum absolute atomic E-state index is 12.9. The van der Waals surface area contributed by atoms with E-state index in [0.29, 0.717) is 5.92 Å². The standard InChI is InChI=1S/C22H22N2O3S/c25-28(26,19-4-2-1-3-5-19)20-13-17-12-18(6-7-21(17)23-14-20)27-22-15-24-10-8-16(22)9-11-24/h1-7,12-14,16,22H,8-11,15H2. The smallest absolute Gasteiger partial charge is 0.208 e. The van der Waals surface area contributed by atoms with Gasteiger partial charge < -0.3 is 4.74 Å². The largest absolute Gasteiger partial charge is 0.489 e. The molecule has 0 spiro atoms. The number of sulfone groups is 1. The Labute approximate surface area is 164 Å². The highest BCUT2D eigenvalue weighted by atomic mass is 32.2. The van der Waals surface area contributed by atoms with E-state index in [4.69, 9.17) is 4.74 Å². The Morgan fingerprint density at radius 3 is 2.46 bits per heavy atom. The van der Waals surface area contributed by atoms with Gasteiger partial charge in [-0.15, -0.1) is 0 Å². The molecule has 3 aromatic rings. The maximum Gasteiger partial charge on any atom is 0.208 e. The zero-order valence-electron chi connectivity index (χ0n) is 15.5. The van der Waals surface area contributed by atoms with Crippen molar-refractivity contribution in [2.24, 2.45) is 5.92 Å². The van der Waals surface area contributed by atoms with Crippen molar-refractivity contribution in [2.45, 2.75) is 28.7 Å². The molecule has 28 heavy (non-hydrogen) atoms. The van der Waals surface area contributed by atoms with Crippen LogP contribution >= 0.6 is 0 Å². The average Bonchev–Trinajstić information content (AvgIpc) is 2.75. The van der Waals surface area contributed by atoms with E-state index < -0.39 is 9.84 Å². The predicted octanol–water partition coefficient (Wildman–Crippen LogP) is 3.54. The monoisotopic (exact) mass is 394 g/mol. The van der Waals surface area contributed by atoms with Gasteiger partial charge in [-0.3, -0.25) is 9.88 Å². The van der Waals surface area contributed by atoms with Gasteiger partial charge in [0.25, 0.3) is 0 Å². The highest BCUT2D eigenvalue weighted by Gasteiger charge is 2.35. The van der Waals surface area contributed by atoms with Crippen LogP contribution in [0.5, 0.6) is 5.75 Å². The second kappa shape index (κ2) is 6.87. The molecule has 2 bridgehead atoms. The Kier molecular flexibility index (Phi) is 4.33. The number of hydrogen-bond acceptors (Lipinski definition) is 5. The third-order valence-electron chi connectivity index (χ3n) is 5.88. The zero-order valence-corrected chi connectivity index (χ0v) is 16.3. The van der Waals surface area contributed by atoms with Crippen LogP contribution in [-0.2, 0) is 9.84 Å². The van der Waals surface area contributed by atoms with Crippen LogP contribution in [-0.4, -0.2) is 44.0 Å². The van der Waals surface area contributed by atoms with Crippen LogP contribution in [0.1, 0.15) is 12.8 Å². The quantitative estimate of drug-likeness (QED) is 0.677. The second-order valence-corrected chi connectivity index (χ2v) is 9.59. The molecule has 5 nitrogen and oxygen atoms in total. The predicted molar refractivity (Wildman–Crippen MR) is 107 cm³/mol.